The zero-order chi connectivity index (χ0) is 10.7. The molecule has 1 aromatic rings. The summed E-state index contributed by atoms with van der Waals surface area (Å²) in [6, 6.07) is 2.12. The highest BCUT2D eigenvalue weighted by Gasteiger charge is 2.29. The van der Waals surface area contributed by atoms with Gasteiger partial charge >= 0.3 is 0 Å². The molecule has 1 aliphatic carbocycles. The maximum atomic E-state index is 6.29. The second kappa shape index (κ2) is 5.02. The summed E-state index contributed by atoms with van der Waals surface area (Å²) in [4.78, 5) is 0. The van der Waals surface area contributed by atoms with E-state index in [1.54, 1.807) is 0 Å². The van der Waals surface area contributed by atoms with Crippen LogP contribution < -0.4 is 0 Å². The number of aromatic nitrogens is 2. The Hall–Kier alpha value is -0.500. The predicted molar refractivity (Wildman–Crippen MR) is 63.2 cm³/mol. The fourth-order valence-electron chi connectivity index (χ4n) is 1.96. The minimum absolute atomic E-state index is 0.384. The van der Waals surface area contributed by atoms with Crippen LogP contribution in [0.2, 0.25) is 0 Å². The Balaban J connectivity index is 1.83. The van der Waals surface area contributed by atoms with Crippen LogP contribution in [-0.4, -0.2) is 15.2 Å². The van der Waals surface area contributed by atoms with Gasteiger partial charge in [-0.1, -0.05) is 6.92 Å². The van der Waals surface area contributed by atoms with Crippen molar-refractivity contribution in [2.45, 2.75) is 50.9 Å². The molecule has 2 nitrogen and oxygen atoms in total. The monoisotopic (exact) mass is 226 g/mol. The Bertz CT molecular complexity index is 304. The highest BCUT2D eigenvalue weighted by molar-refractivity contribution is 6.20. The molecule has 0 bridgehead atoms. The van der Waals surface area contributed by atoms with Crippen molar-refractivity contribution in [3.63, 3.8) is 0 Å². The largest absolute Gasteiger partial charge is 0.270 e. The Morgan fingerprint density at radius 2 is 2.40 bits per heavy atom. The average molecular weight is 227 g/mol. The van der Waals surface area contributed by atoms with E-state index >= 15 is 0 Å². The van der Waals surface area contributed by atoms with Crippen molar-refractivity contribution in [2.75, 3.05) is 0 Å². The highest BCUT2D eigenvalue weighted by Crippen LogP contribution is 2.37. The molecule has 3 heteroatoms. The van der Waals surface area contributed by atoms with Gasteiger partial charge < -0.3 is 0 Å². The van der Waals surface area contributed by atoms with Crippen molar-refractivity contribution in [3.8, 4) is 0 Å². The van der Waals surface area contributed by atoms with E-state index in [0.29, 0.717) is 5.38 Å². The standard InChI is InChI=1S/C12H19ClN2/c1-2-9-15-11(7-8-14-15)5-6-12(13)10-3-4-10/h7-8,10,12H,2-6,9H2,1H3. The minimum atomic E-state index is 0.384. The van der Waals surface area contributed by atoms with Gasteiger partial charge in [0.15, 0.2) is 0 Å². The zero-order valence-electron chi connectivity index (χ0n) is 9.32. The van der Waals surface area contributed by atoms with Crippen molar-refractivity contribution < 1.29 is 0 Å². The van der Waals surface area contributed by atoms with Crippen molar-refractivity contribution in [3.05, 3.63) is 18.0 Å². The molecule has 1 atom stereocenters. The van der Waals surface area contributed by atoms with Gasteiger partial charge in [0.25, 0.3) is 0 Å². The molecule has 1 aromatic heterocycles. The van der Waals surface area contributed by atoms with Gasteiger partial charge in [-0.25, -0.2) is 0 Å². The molecule has 1 aliphatic rings. The van der Waals surface area contributed by atoms with Gasteiger partial charge in [-0.05, 0) is 44.1 Å². The molecule has 84 valence electrons. The molecule has 0 aliphatic heterocycles. The summed E-state index contributed by atoms with van der Waals surface area (Å²) >= 11 is 6.29. The fraction of sp³-hybridized carbons (Fsp3) is 0.750. The summed E-state index contributed by atoms with van der Waals surface area (Å²) in [5.74, 6) is 0.800. The van der Waals surface area contributed by atoms with Crippen molar-refractivity contribution in [1.29, 1.82) is 0 Å². The van der Waals surface area contributed by atoms with E-state index in [1.807, 2.05) is 6.20 Å². The minimum Gasteiger partial charge on any atom is -0.270 e. The van der Waals surface area contributed by atoms with Crippen molar-refractivity contribution >= 4 is 11.6 Å². The van der Waals surface area contributed by atoms with Gasteiger partial charge in [-0.3, -0.25) is 4.68 Å². The quantitative estimate of drug-likeness (QED) is 0.681. The van der Waals surface area contributed by atoms with Crippen LogP contribution in [-0.2, 0) is 13.0 Å². The number of hydrogen-bond donors (Lipinski definition) is 0. The molecule has 15 heavy (non-hydrogen) atoms. The van der Waals surface area contributed by atoms with Crippen LogP contribution in [0.1, 0.15) is 38.3 Å². The average Bonchev–Trinajstić information content (AvgIpc) is 2.99. The number of halogens is 1. The molecule has 0 amide bonds. The molecule has 0 N–H and O–H groups in total. The fourth-order valence-corrected chi connectivity index (χ4v) is 2.33. The lowest BCUT2D eigenvalue weighted by Crippen LogP contribution is -2.08. The SMILES string of the molecule is CCCn1nccc1CCC(Cl)C1CC1. The molecule has 1 saturated carbocycles. The number of alkyl halides is 1. The summed E-state index contributed by atoms with van der Waals surface area (Å²) in [7, 11) is 0. The highest BCUT2D eigenvalue weighted by atomic mass is 35.5. The maximum Gasteiger partial charge on any atom is 0.0492 e. The van der Waals surface area contributed by atoms with E-state index in [9.17, 15) is 0 Å². The van der Waals surface area contributed by atoms with Crippen LogP contribution in [0.3, 0.4) is 0 Å². The normalized spacial score (nSPS) is 18.0. The first-order chi connectivity index (χ1) is 7.31. The molecule has 0 spiro atoms. The predicted octanol–water partition coefficient (Wildman–Crippen LogP) is 3.24. The Labute approximate surface area is 96.6 Å². The van der Waals surface area contributed by atoms with Gasteiger partial charge in [-0.2, -0.15) is 5.10 Å². The molecule has 1 heterocycles. The van der Waals surface area contributed by atoms with E-state index in [-0.39, 0.29) is 0 Å². The maximum absolute atomic E-state index is 6.29. The van der Waals surface area contributed by atoms with Crippen LogP contribution in [0.15, 0.2) is 12.3 Å². The summed E-state index contributed by atoms with van der Waals surface area (Å²) in [5.41, 5.74) is 1.34. The third kappa shape index (κ3) is 2.97. The van der Waals surface area contributed by atoms with Gasteiger partial charge in [-0.15, -0.1) is 11.6 Å². The first-order valence-corrected chi connectivity index (χ1v) is 6.39. The molecule has 0 radical (unpaired) electrons. The van der Waals surface area contributed by atoms with Gasteiger partial charge in [0.05, 0.1) is 0 Å². The van der Waals surface area contributed by atoms with Gasteiger partial charge in [0.1, 0.15) is 0 Å². The second-order valence-corrected chi connectivity index (χ2v) is 5.00. The summed E-state index contributed by atoms with van der Waals surface area (Å²) in [6.07, 6.45) is 7.88. The first kappa shape index (κ1) is 11.0. The van der Waals surface area contributed by atoms with Crippen LogP contribution in [0, 0.1) is 5.92 Å². The molecular formula is C12H19ClN2. The van der Waals surface area contributed by atoms with Crippen molar-refractivity contribution in [2.24, 2.45) is 5.92 Å². The molecule has 0 saturated heterocycles. The van der Waals surface area contributed by atoms with Crippen LogP contribution in [0.4, 0.5) is 0 Å². The lowest BCUT2D eigenvalue weighted by molar-refractivity contribution is 0.558. The Morgan fingerprint density at radius 1 is 1.60 bits per heavy atom. The summed E-state index contributed by atoms with van der Waals surface area (Å²) < 4.78 is 2.11. The summed E-state index contributed by atoms with van der Waals surface area (Å²) in [5, 5.41) is 4.70. The van der Waals surface area contributed by atoms with E-state index in [2.05, 4.69) is 22.8 Å². The molecule has 2 rings (SSSR count). The van der Waals surface area contributed by atoms with Crippen LogP contribution >= 0.6 is 11.6 Å². The molecular weight excluding hydrogens is 208 g/mol. The smallest absolute Gasteiger partial charge is 0.0492 e. The zero-order valence-corrected chi connectivity index (χ0v) is 10.1. The van der Waals surface area contributed by atoms with E-state index < -0.39 is 0 Å². The van der Waals surface area contributed by atoms with Gasteiger partial charge in [0, 0.05) is 23.8 Å². The van der Waals surface area contributed by atoms with Crippen LogP contribution in [0.5, 0.6) is 0 Å². The lowest BCUT2D eigenvalue weighted by atomic mass is 10.1. The topological polar surface area (TPSA) is 17.8 Å². The molecule has 1 unspecified atom stereocenters. The summed E-state index contributed by atoms with van der Waals surface area (Å²) in [6.45, 7) is 3.21. The second-order valence-electron chi connectivity index (χ2n) is 4.44. The number of hydrogen-bond acceptors (Lipinski definition) is 1. The van der Waals surface area contributed by atoms with Crippen LogP contribution in [0.25, 0.3) is 0 Å². The third-order valence-electron chi connectivity index (χ3n) is 3.05. The Morgan fingerprint density at radius 3 is 3.07 bits per heavy atom. The number of aryl methyl sites for hydroxylation is 2. The first-order valence-electron chi connectivity index (χ1n) is 5.96. The van der Waals surface area contributed by atoms with Crippen molar-refractivity contribution in [1.82, 2.24) is 9.78 Å². The lowest BCUT2D eigenvalue weighted by Gasteiger charge is -2.09. The molecule has 0 aromatic carbocycles. The number of nitrogens with zero attached hydrogens (tertiary/aromatic N) is 2. The van der Waals surface area contributed by atoms with E-state index in [4.69, 9.17) is 11.6 Å². The number of rotatable bonds is 6. The van der Waals surface area contributed by atoms with E-state index in [1.165, 1.54) is 18.5 Å². The molecule has 1 fully saturated rings. The van der Waals surface area contributed by atoms with Gasteiger partial charge in [0.2, 0.25) is 0 Å². The third-order valence-corrected chi connectivity index (χ3v) is 3.62. The Kier molecular flexibility index (Phi) is 3.68. The van der Waals surface area contributed by atoms with E-state index in [0.717, 1.165) is 31.7 Å².